The third kappa shape index (κ3) is 3.42. The lowest BCUT2D eigenvalue weighted by Gasteiger charge is -2.35. The Hall–Kier alpha value is -0.610. The number of primary amides is 1. The van der Waals surface area contributed by atoms with Gasteiger partial charge in [0, 0.05) is 12.1 Å². The minimum Gasteiger partial charge on any atom is -0.368 e. The smallest absolute Gasteiger partial charge is 0.238 e. The quantitative estimate of drug-likeness (QED) is 0.684. The number of hydrogen-bond acceptors (Lipinski definition) is 3. The van der Waals surface area contributed by atoms with Crippen molar-refractivity contribution in [1.29, 1.82) is 0 Å². The van der Waals surface area contributed by atoms with E-state index >= 15 is 0 Å². The van der Waals surface area contributed by atoms with Crippen molar-refractivity contribution in [2.24, 2.45) is 11.7 Å². The summed E-state index contributed by atoms with van der Waals surface area (Å²) in [6.45, 7) is 4.61. The second kappa shape index (κ2) is 6.25. The Morgan fingerprint density at radius 3 is 2.57 bits per heavy atom. The Balaban J connectivity index is 1.60. The predicted octanol–water partition coefficient (Wildman–Crippen LogP) is 2.03. The first-order chi connectivity index (χ1) is 10.2. The zero-order valence-corrected chi connectivity index (χ0v) is 13.4. The van der Waals surface area contributed by atoms with E-state index in [4.69, 9.17) is 5.73 Å². The highest BCUT2D eigenvalue weighted by atomic mass is 16.1. The van der Waals surface area contributed by atoms with Gasteiger partial charge in [-0.3, -0.25) is 4.79 Å². The summed E-state index contributed by atoms with van der Waals surface area (Å²) in [6.07, 6.45) is 10.8. The van der Waals surface area contributed by atoms with Crippen LogP contribution in [0.15, 0.2) is 0 Å². The fraction of sp³-hybridized carbons (Fsp3) is 0.941. The molecular weight excluding hydrogens is 262 g/mol. The minimum absolute atomic E-state index is 0.106. The van der Waals surface area contributed by atoms with Gasteiger partial charge in [0.05, 0.1) is 0 Å². The molecule has 21 heavy (non-hydrogen) atoms. The van der Waals surface area contributed by atoms with E-state index in [1.807, 2.05) is 0 Å². The van der Waals surface area contributed by atoms with Crippen molar-refractivity contribution in [3.8, 4) is 0 Å². The SMILES string of the molecule is CCCN(CCC1CCCC1(NC1CC1)C(N)=O)C1CC1. The van der Waals surface area contributed by atoms with Gasteiger partial charge in [0.2, 0.25) is 5.91 Å². The average Bonchev–Trinajstić information content (AvgIpc) is 3.34. The molecule has 3 aliphatic carbocycles. The number of rotatable bonds is 9. The van der Waals surface area contributed by atoms with Crippen LogP contribution in [0.3, 0.4) is 0 Å². The molecule has 2 atom stereocenters. The molecule has 0 radical (unpaired) electrons. The Bertz CT molecular complexity index is 378. The summed E-state index contributed by atoms with van der Waals surface area (Å²) in [5.41, 5.74) is 5.42. The molecule has 3 fully saturated rings. The van der Waals surface area contributed by atoms with Gasteiger partial charge in [0.15, 0.2) is 0 Å². The second-order valence-corrected chi connectivity index (χ2v) is 7.40. The van der Waals surface area contributed by atoms with E-state index in [0.717, 1.165) is 38.3 Å². The maximum absolute atomic E-state index is 12.2. The lowest BCUT2D eigenvalue weighted by Crippen LogP contribution is -2.59. The van der Waals surface area contributed by atoms with Crippen LogP contribution >= 0.6 is 0 Å². The van der Waals surface area contributed by atoms with Crippen LogP contribution in [0.1, 0.15) is 64.7 Å². The third-order valence-electron chi connectivity index (χ3n) is 5.64. The van der Waals surface area contributed by atoms with Gasteiger partial charge in [0.1, 0.15) is 5.54 Å². The first-order valence-corrected chi connectivity index (χ1v) is 8.97. The van der Waals surface area contributed by atoms with Crippen LogP contribution < -0.4 is 11.1 Å². The van der Waals surface area contributed by atoms with Gasteiger partial charge in [-0.2, -0.15) is 0 Å². The van der Waals surface area contributed by atoms with Gasteiger partial charge in [-0.05, 0) is 70.4 Å². The summed E-state index contributed by atoms with van der Waals surface area (Å²) in [5.74, 6) is 0.332. The maximum atomic E-state index is 12.2. The van der Waals surface area contributed by atoms with E-state index in [-0.39, 0.29) is 5.91 Å². The molecular formula is C17H31N3O. The molecule has 4 nitrogen and oxygen atoms in total. The van der Waals surface area contributed by atoms with Crippen molar-refractivity contribution in [3.63, 3.8) is 0 Å². The van der Waals surface area contributed by atoms with Crippen LogP contribution in [-0.2, 0) is 4.79 Å². The highest BCUT2D eigenvalue weighted by Crippen LogP contribution is 2.41. The number of nitrogens with two attached hydrogens (primary N) is 1. The minimum atomic E-state index is -0.400. The van der Waals surface area contributed by atoms with Gasteiger partial charge in [0.25, 0.3) is 0 Å². The first-order valence-electron chi connectivity index (χ1n) is 8.97. The van der Waals surface area contributed by atoms with E-state index in [0.29, 0.717) is 12.0 Å². The topological polar surface area (TPSA) is 58.4 Å². The highest BCUT2D eigenvalue weighted by Gasteiger charge is 2.49. The molecule has 3 aliphatic rings. The summed E-state index contributed by atoms with van der Waals surface area (Å²) >= 11 is 0. The molecule has 0 aliphatic heterocycles. The molecule has 2 unspecified atom stereocenters. The second-order valence-electron chi connectivity index (χ2n) is 7.40. The summed E-state index contributed by atoms with van der Waals surface area (Å²) in [5, 5.41) is 3.62. The normalized spacial score (nSPS) is 32.8. The number of amides is 1. The molecule has 0 spiro atoms. The Morgan fingerprint density at radius 2 is 2.00 bits per heavy atom. The van der Waals surface area contributed by atoms with Crippen molar-refractivity contribution < 1.29 is 4.79 Å². The van der Waals surface area contributed by atoms with E-state index < -0.39 is 5.54 Å². The number of nitrogens with one attached hydrogen (secondary N) is 1. The lowest BCUT2D eigenvalue weighted by atomic mass is 9.83. The van der Waals surface area contributed by atoms with Crippen LogP contribution in [-0.4, -0.2) is 41.5 Å². The van der Waals surface area contributed by atoms with E-state index in [9.17, 15) is 4.79 Å². The average molecular weight is 293 g/mol. The third-order valence-corrected chi connectivity index (χ3v) is 5.64. The molecule has 0 aromatic rings. The Morgan fingerprint density at radius 1 is 1.24 bits per heavy atom. The van der Waals surface area contributed by atoms with Gasteiger partial charge in [-0.25, -0.2) is 0 Å². The Labute approximate surface area is 128 Å². The summed E-state index contributed by atoms with van der Waals surface area (Å²) in [7, 11) is 0. The molecule has 0 saturated heterocycles. The summed E-state index contributed by atoms with van der Waals surface area (Å²) in [6, 6.07) is 1.37. The fourth-order valence-corrected chi connectivity index (χ4v) is 4.17. The van der Waals surface area contributed by atoms with Crippen molar-refractivity contribution in [1.82, 2.24) is 10.2 Å². The van der Waals surface area contributed by atoms with Crippen LogP contribution in [0.2, 0.25) is 0 Å². The Kier molecular flexibility index (Phi) is 4.55. The van der Waals surface area contributed by atoms with E-state index in [1.54, 1.807) is 0 Å². The lowest BCUT2D eigenvalue weighted by molar-refractivity contribution is -0.126. The number of carbonyl (C=O) groups excluding carboxylic acids is 1. The number of nitrogens with zero attached hydrogens (tertiary/aromatic N) is 1. The van der Waals surface area contributed by atoms with Gasteiger partial charge >= 0.3 is 0 Å². The molecule has 120 valence electrons. The summed E-state index contributed by atoms with van der Waals surface area (Å²) < 4.78 is 0. The largest absolute Gasteiger partial charge is 0.368 e. The van der Waals surface area contributed by atoms with Crippen molar-refractivity contribution in [2.75, 3.05) is 13.1 Å². The van der Waals surface area contributed by atoms with Crippen molar-refractivity contribution in [2.45, 2.75) is 82.3 Å². The fourth-order valence-electron chi connectivity index (χ4n) is 4.17. The van der Waals surface area contributed by atoms with Crippen molar-refractivity contribution in [3.05, 3.63) is 0 Å². The van der Waals surface area contributed by atoms with Gasteiger partial charge in [-0.15, -0.1) is 0 Å². The zero-order chi connectivity index (χ0) is 14.9. The molecule has 1 amide bonds. The zero-order valence-electron chi connectivity index (χ0n) is 13.4. The highest BCUT2D eigenvalue weighted by molar-refractivity contribution is 5.85. The monoisotopic (exact) mass is 293 g/mol. The molecule has 4 heteroatoms. The van der Waals surface area contributed by atoms with Crippen LogP contribution in [0.4, 0.5) is 0 Å². The molecule has 3 saturated carbocycles. The van der Waals surface area contributed by atoms with Crippen molar-refractivity contribution >= 4 is 5.91 Å². The predicted molar refractivity (Wildman–Crippen MR) is 84.9 cm³/mol. The maximum Gasteiger partial charge on any atom is 0.238 e. The van der Waals surface area contributed by atoms with Gasteiger partial charge in [-0.1, -0.05) is 13.3 Å². The number of carbonyl (C=O) groups is 1. The van der Waals surface area contributed by atoms with E-state index in [1.165, 1.54) is 38.6 Å². The standard InChI is InChI=1S/C17H31N3O/c1-2-11-20(15-7-8-15)12-9-13-4-3-10-17(13,16(18)21)19-14-5-6-14/h13-15,19H,2-12H2,1H3,(H2,18,21). The molecule has 3 rings (SSSR count). The molecule has 0 aromatic carbocycles. The molecule has 0 heterocycles. The van der Waals surface area contributed by atoms with Crippen LogP contribution in [0.25, 0.3) is 0 Å². The van der Waals surface area contributed by atoms with E-state index in [2.05, 4.69) is 17.1 Å². The number of hydrogen-bond donors (Lipinski definition) is 2. The summed E-state index contributed by atoms with van der Waals surface area (Å²) in [4.78, 5) is 14.8. The van der Waals surface area contributed by atoms with Crippen LogP contribution in [0, 0.1) is 5.92 Å². The first kappa shape index (κ1) is 15.3. The molecule has 0 aromatic heterocycles. The van der Waals surface area contributed by atoms with Crippen LogP contribution in [0.5, 0.6) is 0 Å². The van der Waals surface area contributed by atoms with Gasteiger partial charge < -0.3 is 16.0 Å². The molecule has 0 bridgehead atoms. The molecule has 3 N–H and O–H groups in total.